The summed E-state index contributed by atoms with van der Waals surface area (Å²) >= 11 is 0. The van der Waals surface area contributed by atoms with Crippen LogP contribution in [0.4, 0.5) is 0 Å². The second kappa shape index (κ2) is 12.2. The zero-order valence-electron chi connectivity index (χ0n) is 21.9. The van der Waals surface area contributed by atoms with E-state index in [-0.39, 0.29) is 11.5 Å². The van der Waals surface area contributed by atoms with Crippen molar-refractivity contribution >= 4 is 7.82 Å². The molecule has 2 N–H and O–H groups in total. The van der Waals surface area contributed by atoms with Crippen molar-refractivity contribution in [2.45, 2.75) is 39.5 Å². The maximum Gasteiger partial charge on any atom is 0.587 e. The largest absolute Gasteiger partial charge is 0.587 e. The van der Waals surface area contributed by atoms with Gasteiger partial charge in [0.2, 0.25) is 0 Å². The predicted octanol–water partition coefficient (Wildman–Crippen LogP) is 7.99. The third-order valence-corrected chi connectivity index (χ3v) is 7.83. The normalized spacial score (nSPS) is 19.2. The van der Waals surface area contributed by atoms with E-state index < -0.39 is 7.82 Å². The smallest absolute Gasteiger partial charge is 0.508 e. The lowest BCUT2D eigenvalue weighted by Gasteiger charge is -2.21. The first-order valence-electron chi connectivity index (χ1n) is 12.5. The molecule has 7 heteroatoms. The van der Waals surface area contributed by atoms with Gasteiger partial charge in [-0.3, -0.25) is 4.52 Å². The van der Waals surface area contributed by atoms with Gasteiger partial charge >= 0.3 is 7.82 Å². The summed E-state index contributed by atoms with van der Waals surface area (Å²) < 4.78 is 29.7. The number of phosphoric ester groups is 1. The van der Waals surface area contributed by atoms with Crippen LogP contribution in [-0.4, -0.2) is 17.3 Å². The molecular formula is C31H33O6P. The molecule has 2 aliphatic carbocycles. The highest BCUT2D eigenvalue weighted by atomic mass is 31.2. The molecule has 0 saturated carbocycles. The summed E-state index contributed by atoms with van der Waals surface area (Å²) in [5.41, 5.74) is 6.95. The Morgan fingerprint density at radius 2 is 1.11 bits per heavy atom. The van der Waals surface area contributed by atoms with Crippen molar-refractivity contribution in [1.29, 1.82) is 0 Å². The number of phosphoric acid groups is 1. The molecule has 2 aromatic rings. The molecule has 0 atom stereocenters. The van der Waals surface area contributed by atoms with E-state index in [1.54, 1.807) is 36.4 Å². The van der Waals surface area contributed by atoms with E-state index in [2.05, 4.69) is 13.8 Å². The van der Waals surface area contributed by atoms with Gasteiger partial charge in [0.15, 0.2) is 0 Å². The van der Waals surface area contributed by atoms with Crippen LogP contribution in [0.2, 0.25) is 0 Å². The van der Waals surface area contributed by atoms with Gasteiger partial charge in [-0.25, -0.2) is 4.57 Å². The molecule has 0 aliphatic heterocycles. The lowest BCUT2D eigenvalue weighted by molar-refractivity contribution is 0.195. The third-order valence-electron chi connectivity index (χ3n) is 6.51. The number of hydrogen-bond acceptors (Lipinski definition) is 6. The molecule has 0 radical (unpaired) electrons. The first kappa shape index (κ1) is 27.3. The fourth-order valence-electron chi connectivity index (χ4n) is 4.25. The van der Waals surface area contributed by atoms with Crippen LogP contribution >= 0.6 is 7.82 Å². The summed E-state index contributed by atoms with van der Waals surface area (Å²) in [4.78, 5) is 0. The zero-order chi connectivity index (χ0) is 27.1. The SMILES string of the molecule is COP(=O)(OC1=CCC(=C(C)Cc2ccc(O)cc2)C=C1)OC1=CCC(=C(C)Cc2ccc(O)cc2)C=C1. The van der Waals surface area contributed by atoms with Gasteiger partial charge in [0, 0.05) is 7.11 Å². The number of aromatic hydroxyl groups is 2. The minimum atomic E-state index is -3.86. The van der Waals surface area contributed by atoms with Crippen molar-refractivity contribution < 1.29 is 28.3 Å². The Labute approximate surface area is 224 Å². The van der Waals surface area contributed by atoms with Crippen LogP contribution in [0, 0.1) is 0 Å². The number of rotatable bonds is 9. The summed E-state index contributed by atoms with van der Waals surface area (Å²) in [7, 11) is -2.55. The molecule has 6 nitrogen and oxygen atoms in total. The van der Waals surface area contributed by atoms with Gasteiger partial charge in [0.1, 0.15) is 23.0 Å². The average Bonchev–Trinajstić information content (AvgIpc) is 2.92. The molecular weight excluding hydrogens is 499 g/mol. The molecule has 0 fully saturated rings. The van der Waals surface area contributed by atoms with Crippen LogP contribution in [0.15, 0.2) is 119 Å². The number of allylic oxidation sites excluding steroid dienone is 10. The molecule has 0 heterocycles. The lowest BCUT2D eigenvalue weighted by atomic mass is 9.96. The van der Waals surface area contributed by atoms with Crippen molar-refractivity contribution in [1.82, 2.24) is 0 Å². The Morgan fingerprint density at radius 3 is 1.42 bits per heavy atom. The summed E-state index contributed by atoms with van der Waals surface area (Å²) in [6, 6.07) is 14.4. The summed E-state index contributed by atoms with van der Waals surface area (Å²) in [6.45, 7) is 4.15. The van der Waals surface area contributed by atoms with Crippen molar-refractivity contribution in [3.8, 4) is 11.5 Å². The van der Waals surface area contributed by atoms with Gasteiger partial charge in [0.25, 0.3) is 0 Å². The first-order valence-corrected chi connectivity index (χ1v) is 13.9. The Kier molecular flexibility index (Phi) is 8.77. The van der Waals surface area contributed by atoms with Gasteiger partial charge in [-0.05, 0) is 110 Å². The predicted molar refractivity (Wildman–Crippen MR) is 149 cm³/mol. The number of phenols is 2. The number of hydrogen-bond donors (Lipinski definition) is 2. The third kappa shape index (κ3) is 7.41. The van der Waals surface area contributed by atoms with E-state index in [4.69, 9.17) is 13.6 Å². The number of phenolic OH excluding ortho intramolecular Hbond substituents is 2. The highest BCUT2D eigenvalue weighted by Crippen LogP contribution is 2.53. The van der Waals surface area contributed by atoms with E-state index in [0.717, 1.165) is 35.1 Å². The molecule has 198 valence electrons. The van der Waals surface area contributed by atoms with Crippen molar-refractivity contribution in [3.63, 3.8) is 0 Å². The molecule has 0 aromatic heterocycles. The summed E-state index contributed by atoms with van der Waals surface area (Å²) in [5.74, 6) is 1.37. The Hall–Kier alpha value is -3.73. The molecule has 0 saturated heterocycles. The van der Waals surface area contributed by atoms with Gasteiger partial charge in [-0.15, -0.1) is 0 Å². The Bertz CT molecular complexity index is 1290. The molecule has 2 aliphatic rings. The molecule has 4 rings (SSSR count). The first-order chi connectivity index (χ1) is 18.2. The average molecular weight is 533 g/mol. The minimum Gasteiger partial charge on any atom is -0.508 e. The van der Waals surface area contributed by atoms with Crippen LogP contribution in [-0.2, 0) is 31.0 Å². The van der Waals surface area contributed by atoms with Crippen molar-refractivity contribution in [2.75, 3.05) is 7.11 Å². The standard InChI is InChI=1S/C31H33O6P/c1-22(20-24-4-12-28(32)13-5-24)26-8-16-30(17-9-26)36-38(34,35-3)37-31-18-10-27(11-19-31)23(2)21-25-6-14-29(33)15-7-25/h4-8,10,12-19,32-33H,9,11,20-21H2,1-3H3. The molecule has 2 aromatic carbocycles. The zero-order valence-corrected chi connectivity index (χ0v) is 22.8. The molecule has 0 bridgehead atoms. The van der Waals surface area contributed by atoms with Crippen LogP contribution in [0.3, 0.4) is 0 Å². The highest BCUT2D eigenvalue weighted by molar-refractivity contribution is 7.48. The van der Waals surface area contributed by atoms with Gasteiger partial charge in [-0.1, -0.05) is 47.6 Å². The second-order valence-electron chi connectivity index (χ2n) is 9.40. The monoisotopic (exact) mass is 532 g/mol. The Balaban J connectivity index is 1.34. The Morgan fingerprint density at radius 1 is 0.711 bits per heavy atom. The summed E-state index contributed by atoms with van der Waals surface area (Å²) in [5, 5.41) is 18.9. The maximum atomic E-state index is 13.2. The van der Waals surface area contributed by atoms with Crippen molar-refractivity contribution in [3.05, 3.63) is 130 Å². The van der Waals surface area contributed by atoms with E-state index >= 15 is 0 Å². The fraction of sp³-hybridized carbons (Fsp3) is 0.226. The van der Waals surface area contributed by atoms with Crippen LogP contribution < -0.4 is 0 Å². The maximum absolute atomic E-state index is 13.2. The fourth-order valence-corrected chi connectivity index (χ4v) is 5.22. The van der Waals surface area contributed by atoms with E-state index in [1.165, 1.54) is 18.3 Å². The molecule has 38 heavy (non-hydrogen) atoms. The number of benzene rings is 2. The van der Waals surface area contributed by atoms with Crippen LogP contribution in [0.5, 0.6) is 11.5 Å². The van der Waals surface area contributed by atoms with Crippen LogP contribution in [0.1, 0.15) is 37.8 Å². The molecule has 0 amide bonds. The van der Waals surface area contributed by atoms with E-state index in [0.29, 0.717) is 24.4 Å². The van der Waals surface area contributed by atoms with E-state index in [9.17, 15) is 14.8 Å². The van der Waals surface area contributed by atoms with Crippen molar-refractivity contribution in [2.24, 2.45) is 0 Å². The van der Waals surface area contributed by atoms with Gasteiger partial charge in [-0.2, -0.15) is 0 Å². The van der Waals surface area contributed by atoms with Crippen LogP contribution in [0.25, 0.3) is 0 Å². The molecule has 0 unspecified atom stereocenters. The molecule has 0 spiro atoms. The second-order valence-corrected chi connectivity index (χ2v) is 11.0. The summed E-state index contributed by atoms with van der Waals surface area (Å²) in [6.07, 6.45) is 14.0. The van der Waals surface area contributed by atoms with E-state index in [1.807, 2.05) is 48.6 Å². The van der Waals surface area contributed by atoms with Gasteiger partial charge < -0.3 is 19.3 Å². The lowest BCUT2D eigenvalue weighted by Crippen LogP contribution is -2.02. The van der Waals surface area contributed by atoms with Gasteiger partial charge in [0.05, 0.1) is 0 Å². The minimum absolute atomic E-state index is 0.253. The topological polar surface area (TPSA) is 85.2 Å². The highest BCUT2D eigenvalue weighted by Gasteiger charge is 2.30. The quantitative estimate of drug-likeness (QED) is 0.318.